The Hall–Kier alpha value is -2.63. The smallest absolute Gasteiger partial charge is 0.236 e. The molecule has 0 aliphatic carbocycles. The van der Waals surface area contributed by atoms with Crippen LogP contribution in [0.1, 0.15) is 15.9 Å². The van der Waals surface area contributed by atoms with Gasteiger partial charge < -0.3 is 4.74 Å². The summed E-state index contributed by atoms with van der Waals surface area (Å²) in [6.07, 6.45) is 3.44. The number of hydrogen-bond donors (Lipinski definition) is 0. The Bertz CT molecular complexity index is 646. The lowest BCUT2D eigenvalue weighted by Gasteiger charge is -1.99. The van der Waals surface area contributed by atoms with Gasteiger partial charge in [0.05, 0.1) is 13.2 Å². The minimum atomic E-state index is -0.176. The van der Waals surface area contributed by atoms with Crippen LogP contribution in [0.3, 0.4) is 0 Å². The molecule has 0 radical (unpaired) electrons. The van der Waals surface area contributed by atoms with Crippen molar-refractivity contribution in [1.82, 2.24) is 0 Å². The second-order valence-electron chi connectivity index (χ2n) is 4.37. The summed E-state index contributed by atoms with van der Waals surface area (Å²) in [5, 5.41) is 0. The quantitative estimate of drug-likeness (QED) is 0.361. The van der Waals surface area contributed by atoms with E-state index in [1.165, 1.54) is 0 Å². The molecule has 0 N–H and O–H groups in total. The summed E-state index contributed by atoms with van der Waals surface area (Å²) < 4.78 is 5.47. The van der Waals surface area contributed by atoms with E-state index in [1.54, 1.807) is 24.3 Å². The third-order valence-corrected chi connectivity index (χ3v) is 2.75. The molecule has 0 saturated carbocycles. The molecule has 2 heteroatoms. The van der Waals surface area contributed by atoms with Crippen LogP contribution in [0.15, 0.2) is 72.8 Å². The number of benzene rings is 2. The van der Waals surface area contributed by atoms with Crippen molar-refractivity contribution in [1.29, 1.82) is 0 Å². The normalized spacial score (nSPS) is 10.1. The maximum absolute atomic E-state index is 11.7. The van der Waals surface area contributed by atoms with E-state index in [9.17, 15) is 4.79 Å². The third-order valence-electron chi connectivity index (χ3n) is 2.75. The first-order valence-electron chi connectivity index (χ1n) is 6.74. The van der Waals surface area contributed by atoms with Crippen LogP contribution in [0, 0.1) is 11.8 Å². The number of hydrogen-bond acceptors (Lipinski definition) is 2. The van der Waals surface area contributed by atoms with Gasteiger partial charge in [0, 0.05) is 5.56 Å². The van der Waals surface area contributed by atoms with Crippen LogP contribution in [0.2, 0.25) is 0 Å². The number of carbonyl (C=O) groups is 1. The Morgan fingerprint density at radius 2 is 1.67 bits per heavy atom. The maximum Gasteiger partial charge on any atom is 0.236 e. The molecule has 21 heavy (non-hydrogen) atoms. The zero-order chi connectivity index (χ0) is 14.8. The van der Waals surface area contributed by atoms with E-state index in [0.29, 0.717) is 18.8 Å². The summed E-state index contributed by atoms with van der Waals surface area (Å²) in [6.45, 7) is 1.05. The molecule has 2 aromatic rings. The Morgan fingerprint density at radius 3 is 2.38 bits per heavy atom. The number of allylic oxidation sites excluding steroid dienone is 1. The van der Waals surface area contributed by atoms with Gasteiger partial charge in [0.2, 0.25) is 5.78 Å². The second kappa shape index (κ2) is 8.52. The van der Waals surface area contributed by atoms with Crippen molar-refractivity contribution >= 4 is 5.78 Å². The molecule has 0 bridgehead atoms. The van der Waals surface area contributed by atoms with Crippen molar-refractivity contribution in [2.45, 2.75) is 6.61 Å². The summed E-state index contributed by atoms with van der Waals surface area (Å²) >= 11 is 0. The molecule has 0 amide bonds. The average Bonchev–Trinajstić information content (AvgIpc) is 2.55. The molecular formula is C19H16O2. The van der Waals surface area contributed by atoms with E-state index >= 15 is 0 Å². The largest absolute Gasteiger partial charge is 0.373 e. The number of Topliss-reactive ketones (excluding diaryl/α,β-unsaturated/α-hetero) is 1. The Morgan fingerprint density at radius 1 is 1.00 bits per heavy atom. The van der Waals surface area contributed by atoms with Crippen LogP contribution >= 0.6 is 0 Å². The SMILES string of the molecule is O=C(C#C/C=C/COCc1ccccc1)c1ccccc1. The van der Waals surface area contributed by atoms with Crippen molar-refractivity contribution in [2.24, 2.45) is 0 Å². The van der Waals surface area contributed by atoms with E-state index < -0.39 is 0 Å². The molecule has 2 rings (SSSR count). The molecule has 0 aromatic heterocycles. The molecule has 0 saturated heterocycles. The summed E-state index contributed by atoms with van der Waals surface area (Å²) in [4.78, 5) is 11.7. The third kappa shape index (κ3) is 5.48. The van der Waals surface area contributed by atoms with Gasteiger partial charge in [-0.2, -0.15) is 0 Å². The van der Waals surface area contributed by atoms with Gasteiger partial charge in [-0.15, -0.1) is 0 Å². The predicted octanol–water partition coefficient (Wildman–Crippen LogP) is 3.65. The molecule has 2 aromatic carbocycles. The Labute approximate surface area is 125 Å². The summed E-state index contributed by atoms with van der Waals surface area (Å²) in [7, 11) is 0. The molecule has 0 heterocycles. The van der Waals surface area contributed by atoms with Crippen molar-refractivity contribution in [2.75, 3.05) is 6.61 Å². The fourth-order valence-corrected chi connectivity index (χ4v) is 1.70. The van der Waals surface area contributed by atoms with Gasteiger partial charge in [0.15, 0.2) is 0 Å². The number of ether oxygens (including phenoxy) is 1. The minimum Gasteiger partial charge on any atom is -0.373 e. The predicted molar refractivity (Wildman–Crippen MR) is 83.8 cm³/mol. The Balaban J connectivity index is 1.71. The molecule has 104 valence electrons. The fraction of sp³-hybridized carbons (Fsp3) is 0.105. The molecule has 0 unspecified atom stereocenters. The van der Waals surface area contributed by atoms with Gasteiger partial charge in [-0.1, -0.05) is 72.7 Å². The van der Waals surface area contributed by atoms with E-state index in [4.69, 9.17) is 4.74 Å². The second-order valence-corrected chi connectivity index (χ2v) is 4.37. The van der Waals surface area contributed by atoms with Crippen LogP contribution in [0.5, 0.6) is 0 Å². The summed E-state index contributed by atoms with van der Waals surface area (Å²) in [5.41, 5.74) is 1.75. The zero-order valence-electron chi connectivity index (χ0n) is 11.7. The number of rotatable bonds is 5. The lowest BCUT2D eigenvalue weighted by molar-refractivity contribution is 0.105. The zero-order valence-corrected chi connectivity index (χ0v) is 11.7. The molecule has 0 fully saturated rings. The van der Waals surface area contributed by atoms with Crippen molar-refractivity contribution in [3.63, 3.8) is 0 Å². The van der Waals surface area contributed by atoms with E-state index in [1.807, 2.05) is 48.5 Å². The standard InChI is InChI=1S/C19H16O2/c20-19(18-12-6-2-7-13-18)14-8-3-9-15-21-16-17-10-4-1-5-11-17/h1-7,9-13H,15-16H2/b9-3+. The lowest BCUT2D eigenvalue weighted by Crippen LogP contribution is -1.93. The van der Waals surface area contributed by atoms with Crippen LogP contribution in [0.4, 0.5) is 0 Å². The van der Waals surface area contributed by atoms with Crippen molar-refractivity contribution < 1.29 is 9.53 Å². The number of carbonyl (C=O) groups excluding carboxylic acids is 1. The molecular weight excluding hydrogens is 260 g/mol. The highest BCUT2D eigenvalue weighted by Crippen LogP contribution is 2.00. The van der Waals surface area contributed by atoms with Gasteiger partial charge >= 0.3 is 0 Å². The van der Waals surface area contributed by atoms with Gasteiger partial charge in [-0.3, -0.25) is 4.79 Å². The molecule has 0 spiro atoms. The van der Waals surface area contributed by atoms with E-state index in [0.717, 1.165) is 5.56 Å². The average molecular weight is 276 g/mol. The van der Waals surface area contributed by atoms with Gasteiger partial charge in [0.25, 0.3) is 0 Å². The molecule has 0 atom stereocenters. The maximum atomic E-state index is 11.7. The van der Waals surface area contributed by atoms with Crippen molar-refractivity contribution in [3.05, 3.63) is 83.9 Å². The highest BCUT2D eigenvalue weighted by molar-refractivity contribution is 6.09. The number of ketones is 1. The highest BCUT2D eigenvalue weighted by atomic mass is 16.5. The first-order chi connectivity index (χ1) is 10.4. The van der Waals surface area contributed by atoms with Crippen LogP contribution in [0.25, 0.3) is 0 Å². The van der Waals surface area contributed by atoms with Gasteiger partial charge in [0.1, 0.15) is 0 Å². The summed E-state index contributed by atoms with van der Waals surface area (Å²) in [6, 6.07) is 19.0. The van der Waals surface area contributed by atoms with Crippen LogP contribution in [-0.2, 0) is 11.3 Å². The summed E-state index contributed by atoms with van der Waals surface area (Å²) in [5.74, 6) is 5.12. The first-order valence-corrected chi connectivity index (χ1v) is 6.74. The topological polar surface area (TPSA) is 26.3 Å². The highest BCUT2D eigenvalue weighted by Gasteiger charge is 1.98. The monoisotopic (exact) mass is 276 g/mol. The lowest BCUT2D eigenvalue weighted by atomic mass is 10.1. The fourth-order valence-electron chi connectivity index (χ4n) is 1.70. The minimum absolute atomic E-state index is 0.176. The van der Waals surface area contributed by atoms with Gasteiger partial charge in [-0.05, 0) is 17.6 Å². The van der Waals surface area contributed by atoms with E-state index in [-0.39, 0.29) is 5.78 Å². The van der Waals surface area contributed by atoms with Crippen LogP contribution in [-0.4, -0.2) is 12.4 Å². The van der Waals surface area contributed by atoms with Crippen molar-refractivity contribution in [3.8, 4) is 11.8 Å². The molecule has 0 aliphatic rings. The molecule has 2 nitrogen and oxygen atoms in total. The van der Waals surface area contributed by atoms with Gasteiger partial charge in [-0.25, -0.2) is 0 Å². The Kier molecular flexibility index (Phi) is 6.00. The first kappa shape index (κ1) is 14.8. The van der Waals surface area contributed by atoms with Crippen LogP contribution < -0.4 is 0 Å². The molecule has 0 aliphatic heterocycles. The van der Waals surface area contributed by atoms with E-state index in [2.05, 4.69) is 11.8 Å².